The van der Waals surface area contributed by atoms with Crippen LogP contribution < -0.4 is 10.3 Å². The van der Waals surface area contributed by atoms with Crippen molar-refractivity contribution in [2.24, 2.45) is 0 Å². The fraction of sp³-hybridized carbons (Fsp3) is 0.421. The van der Waals surface area contributed by atoms with Crippen molar-refractivity contribution < 1.29 is 4.74 Å². The molecule has 0 N–H and O–H groups in total. The summed E-state index contributed by atoms with van der Waals surface area (Å²) in [6.07, 6.45) is 4.59. The molecule has 2 aromatic rings. The summed E-state index contributed by atoms with van der Waals surface area (Å²) in [6.45, 7) is 4.70. The van der Waals surface area contributed by atoms with Gasteiger partial charge in [-0.2, -0.15) is 0 Å². The highest BCUT2D eigenvalue weighted by molar-refractivity contribution is 5.39. The minimum atomic E-state index is 0.161. The van der Waals surface area contributed by atoms with Crippen molar-refractivity contribution in [3.05, 3.63) is 62.6 Å². The van der Waals surface area contributed by atoms with Gasteiger partial charge in [0.15, 0.2) is 0 Å². The smallest absolute Gasteiger partial charge is 0.254 e. The molecule has 0 spiro atoms. The number of rotatable bonds is 3. The Hall–Kier alpha value is -2.03. The van der Waals surface area contributed by atoms with Crippen LogP contribution in [0.15, 0.2) is 29.1 Å². The molecule has 22 heavy (non-hydrogen) atoms. The van der Waals surface area contributed by atoms with Crippen LogP contribution in [0.5, 0.6) is 5.75 Å². The van der Waals surface area contributed by atoms with Crippen LogP contribution in [0, 0.1) is 13.8 Å². The Balaban J connectivity index is 2.03. The number of hydrogen-bond acceptors (Lipinski definition) is 2. The van der Waals surface area contributed by atoms with E-state index < -0.39 is 0 Å². The van der Waals surface area contributed by atoms with Crippen molar-refractivity contribution in [1.29, 1.82) is 0 Å². The standard InChI is InChI=1S/C19H23NO2/c1-13-17-6-4-5-7-18(17)14(2)20(19(13)21)12-15-8-10-16(22-3)11-9-15/h8-11H,4-7,12H2,1-3H3. The fourth-order valence-electron chi connectivity index (χ4n) is 3.47. The van der Waals surface area contributed by atoms with E-state index in [4.69, 9.17) is 4.74 Å². The van der Waals surface area contributed by atoms with Crippen molar-refractivity contribution in [1.82, 2.24) is 4.57 Å². The second-order valence-electron chi connectivity index (χ2n) is 6.11. The molecule has 116 valence electrons. The van der Waals surface area contributed by atoms with E-state index in [1.807, 2.05) is 35.8 Å². The molecular weight excluding hydrogens is 274 g/mol. The second-order valence-corrected chi connectivity index (χ2v) is 6.11. The SMILES string of the molecule is COc1ccc(Cn2c(C)c3c(c(C)c2=O)CCCC3)cc1. The number of hydrogen-bond donors (Lipinski definition) is 0. The molecule has 0 radical (unpaired) electrons. The Labute approximate surface area is 131 Å². The van der Waals surface area contributed by atoms with Crippen LogP contribution in [-0.2, 0) is 19.4 Å². The summed E-state index contributed by atoms with van der Waals surface area (Å²) in [5, 5.41) is 0. The average Bonchev–Trinajstić information content (AvgIpc) is 2.57. The largest absolute Gasteiger partial charge is 0.497 e. The molecule has 1 aliphatic carbocycles. The summed E-state index contributed by atoms with van der Waals surface area (Å²) < 4.78 is 7.12. The molecule has 0 fully saturated rings. The summed E-state index contributed by atoms with van der Waals surface area (Å²) in [6, 6.07) is 7.95. The first-order valence-electron chi connectivity index (χ1n) is 7.96. The number of pyridine rings is 1. The maximum Gasteiger partial charge on any atom is 0.254 e. The predicted octanol–water partition coefficient (Wildman–Crippen LogP) is 3.40. The van der Waals surface area contributed by atoms with Crippen molar-refractivity contribution >= 4 is 0 Å². The highest BCUT2D eigenvalue weighted by Crippen LogP contribution is 2.25. The first kappa shape index (κ1) is 14.9. The van der Waals surface area contributed by atoms with E-state index >= 15 is 0 Å². The van der Waals surface area contributed by atoms with Crippen LogP contribution in [0.3, 0.4) is 0 Å². The Kier molecular flexibility index (Phi) is 4.06. The number of nitrogens with zero attached hydrogens (tertiary/aromatic N) is 1. The van der Waals surface area contributed by atoms with E-state index in [-0.39, 0.29) is 5.56 Å². The van der Waals surface area contributed by atoms with Gasteiger partial charge in [0.05, 0.1) is 13.7 Å². The minimum absolute atomic E-state index is 0.161. The van der Waals surface area contributed by atoms with E-state index in [1.165, 1.54) is 24.0 Å². The number of methoxy groups -OCH3 is 1. The van der Waals surface area contributed by atoms with Gasteiger partial charge in [0, 0.05) is 11.3 Å². The van der Waals surface area contributed by atoms with Crippen molar-refractivity contribution in [3.63, 3.8) is 0 Å². The maximum atomic E-state index is 12.7. The number of aromatic nitrogens is 1. The molecule has 1 aromatic heterocycles. The summed E-state index contributed by atoms with van der Waals surface area (Å²) >= 11 is 0. The third-order valence-electron chi connectivity index (χ3n) is 4.83. The van der Waals surface area contributed by atoms with Gasteiger partial charge in [-0.1, -0.05) is 12.1 Å². The van der Waals surface area contributed by atoms with E-state index in [0.29, 0.717) is 6.54 Å². The van der Waals surface area contributed by atoms with Crippen LogP contribution in [0.2, 0.25) is 0 Å². The molecular formula is C19H23NO2. The Bertz CT molecular complexity index is 742. The molecule has 3 rings (SSSR count). The van der Waals surface area contributed by atoms with Crippen molar-refractivity contribution in [2.45, 2.75) is 46.1 Å². The topological polar surface area (TPSA) is 31.2 Å². The average molecular weight is 297 g/mol. The van der Waals surface area contributed by atoms with Crippen LogP contribution in [0.1, 0.15) is 40.8 Å². The molecule has 1 aromatic carbocycles. The number of fused-ring (bicyclic) bond motifs is 1. The van der Waals surface area contributed by atoms with Crippen molar-refractivity contribution in [2.75, 3.05) is 7.11 Å². The Morgan fingerprint density at radius 3 is 2.32 bits per heavy atom. The fourth-order valence-corrected chi connectivity index (χ4v) is 3.47. The zero-order chi connectivity index (χ0) is 15.7. The van der Waals surface area contributed by atoms with Gasteiger partial charge < -0.3 is 9.30 Å². The predicted molar refractivity (Wildman–Crippen MR) is 88.9 cm³/mol. The molecule has 1 heterocycles. The van der Waals surface area contributed by atoms with E-state index in [2.05, 4.69) is 6.92 Å². The highest BCUT2D eigenvalue weighted by atomic mass is 16.5. The monoisotopic (exact) mass is 297 g/mol. The van der Waals surface area contributed by atoms with E-state index in [0.717, 1.165) is 35.4 Å². The molecule has 3 heteroatoms. The zero-order valence-electron chi connectivity index (χ0n) is 13.6. The first-order valence-corrected chi connectivity index (χ1v) is 7.96. The number of ether oxygens (including phenoxy) is 1. The van der Waals surface area contributed by atoms with E-state index in [9.17, 15) is 4.79 Å². The minimum Gasteiger partial charge on any atom is -0.497 e. The molecule has 0 aliphatic heterocycles. The van der Waals surface area contributed by atoms with E-state index in [1.54, 1.807) is 7.11 Å². The lowest BCUT2D eigenvalue weighted by Gasteiger charge is -2.23. The molecule has 0 amide bonds. The lowest BCUT2D eigenvalue weighted by Crippen LogP contribution is -2.29. The summed E-state index contributed by atoms with van der Waals surface area (Å²) in [5.74, 6) is 0.842. The van der Waals surface area contributed by atoms with Gasteiger partial charge >= 0.3 is 0 Å². The quantitative estimate of drug-likeness (QED) is 0.869. The van der Waals surface area contributed by atoms with Gasteiger partial charge in [-0.05, 0) is 68.4 Å². The molecule has 0 bridgehead atoms. The third-order valence-corrected chi connectivity index (χ3v) is 4.83. The van der Waals surface area contributed by atoms with Gasteiger partial charge in [-0.25, -0.2) is 0 Å². The molecule has 0 unspecified atom stereocenters. The van der Waals surface area contributed by atoms with Crippen LogP contribution in [-0.4, -0.2) is 11.7 Å². The lowest BCUT2D eigenvalue weighted by atomic mass is 9.88. The summed E-state index contributed by atoms with van der Waals surface area (Å²) in [5.41, 5.74) is 6.07. The lowest BCUT2D eigenvalue weighted by molar-refractivity contribution is 0.414. The second kappa shape index (κ2) is 5.99. The van der Waals surface area contributed by atoms with Gasteiger partial charge in [0.1, 0.15) is 5.75 Å². The van der Waals surface area contributed by atoms with Crippen LogP contribution >= 0.6 is 0 Å². The van der Waals surface area contributed by atoms with Gasteiger partial charge in [0.2, 0.25) is 0 Å². The Morgan fingerprint density at radius 1 is 1.05 bits per heavy atom. The van der Waals surface area contributed by atoms with Gasteiger partial charge in [-0.3, -0.25) is 4.79 Å². The first-order chi connectivity index (χ1) is 10.6. The van der Waals surface area contributed by atoms with Crippen LogP contribution in [0.4, 0.5) is 0 Å². The zero-order valence-corrected chi connectivity index (χ0v) is 13.6. The van der Waals surface area contributed by atoms with Gasteiger partial charge in [0.25, 0.3) is 5.56 Å². The summed E-state index contributed by atoms with van der Waals surface area (Å²) in [4.78, 5) is 12.7. The molecule has 0 atom stereocenters. The van der Waals surface area contributed by atoms with Crippen LogP contribution in [0.25, 0.3) is 0 Å². The summed E-state index contributed by atoms with van der Waals surface area (Å²) in [7, 11) is 1.66. The van der Waals surface area contributed by atoms with Gasteiger partial charge in [-0.15, -0.1) is 0 Å². The Morgan fingerprint density at radius 2 is 1.68 bits per heavy atom. The molecule has 1 aliphatic rings. The number of benzene rings is 1. The third kappa shape index (κ3) is 2.56. The molecule has 3 nitrogen and oxygen atoms in total. The maximum absolute atomic E-state index is 12.7. The normalized spacial score (nSPS) is 13.8. The highest BCUT2D eigenvalue weighted by Gasteiger charge is 2.19. The van der Waals surface area contributed by atoms with Crippen molar-refractivity contribution in [3.8, 4) is 5.75 Å². The molecule has 0 saturated heterocycles. The molecule has 0 saturated carbocycles.